The first-order valence-corrected chi connectivity index (χ1v) is 9.00. The first-order valence-electron chi connectivity index (χ1n) is 9.00. The van der Waals surface area contributed by atoms with Gasteiger partial charge in [0, 0.05) is 29.7 Å². The lowest BCUT2D eigenvalue weighted by atomic mass is 10.1. The summed E-state index contributed by atoms with van der Waals surface area (Å²) < 4.78 is 5.71. The zero-order chi connectivity index (χ0) is 20.2. The van der Waals surface area contributed by atoms with Crippen LogP contribution in [0.4, 0.5) is 17.3 Å². The van der Waals surface area contributed by atoms with Crippen LogP contribution in [0.3, 0.4) is 0 Å². The van der Waals surface area contributed by atoms with Gasteiger partial charge in [-0.1, -0.05) is 18.2 Å². The van der Waals surface area contributed by atoms with Crippen LogP contribution in [0.15, 0.2) is 78.0 Å². The number of nitrogen functional groups attached to an aromatic ring is 1. The number of hydrogen-bond donors (Lipinski definition) is 3. The van der Waals surface area contributed by atoms with Crippen molar-refractivity contribution >= 4 is 17.3 Å². The van der Waals surface area contributed by atoms with Gasteiger partial charge in [0.15, 0.2) is 5.43 Å². The third kappa shape index (κ3) is 4.08. The molecule has 0 saturated heterocycles. The van der Waals surface area contributed by atoms with E-state index in [4.69, 9.17) is 10.5 Å². The Hall–Kier alpha value is -4.13. The predicted molar refractivity (Wildman–Crippen MR) is 113 cm³/mol. The first-order chi connectivity index (χ1) is 14.1. The van der Waals surface area contributed by atoms with Gasteiger partial charge in [0.2, 0.25) is 0 Å². The molecular weight excluding hydrogens is 366 g/mol. The fraction of sp³-hybridized carbons (Fsp3) is 0.0455. The second-order valence-electron chi connectivity index (χ2n) is 6.42. The van der Waals surface area contributed by atoms with Crippen LogP contribution < -0.4 is 21.2 Å². The van der Waals surface area contributed by atoms with Crippen molar-refractivity contribution < 1.29 is 4.74 Å². The molecule has 3 aromatic heterocycles. The van der Waals surface area contributed by atoms with Crippen molar-refractivity contribution in [1.82, 2.24) is 15.0 Å². The summed E-state index contributed by atoms with van der Waals surface area (Å²) in [5.41, 5.74) is 8.09. The van der Waals surface area contributed by atoms with Gasteiger partial charge in [0.1, 0.15) is 23.1 Å². The number of anilines is 3. The largest absolute Gasteiger partial charge is 0.456 e. The monoisotopic (exact) mass is 385 g/mol. The molecule has 1 aromatic carbocycles. The number of pyridine rings is 3. The maximum Gasteiger partial charge on any atom is 0.195 e. The predicted octanol–water partition coefficient (Wildman–Crippen LogP) is 4.26. The van der Waals surface area contributed by atoms with Crippen molar-refractivity contribution in [3.05, 3.63) is 89.0 Å². The Morgan fingerprint density at radius 3 is 2.59 bits per heavy atom. The van der Waals surface area contributed by atoms with Crippen molar-refractivity contribution in [1.29, 1.82) is 0 Å². The van der Waals surface area contributed by atoms with E-state index in [1.165, 1.54) is 0 Å². The van der Waals surface area contributed by atoms with Crippen LogP contribution in [0.5, 0.6) is 11.5 Å². The number of aromatic nitrogens is 3. The summed E-state index contributed by atoms with van der Waals surface area (Å²) in [5, 5.41) is 3.22. The molecule has 4 rings (SSSR count). The molecule has 7 heteroatoms. The molecule has 0 aliphatic carbocycles. The normalized spacial score (nSPS) is 10.5. The number of hydrogen-bond acceptors (Lipinski definition) is 6. The number of nitrogens with zero attached hydrogens (tertiary/aromatic N) is 2. The highest BCUT2D eigenvalue weighted by Gasteiger charge is 2.11. The number of benzene rings is 1. The van der Waals surface area contributed by atoms with Crippen LogP contribution >= 0.6 is 0 Å². The smallest absolute Gasteiger partial charge is 0.195 e. The molecule has 0 radical (unpaired) electrons. The average molecular weight is 385 g/mol. The summed E-state index contributed by atoms with van der Waals surface area (Å²) in [6.07, 6.45) is 4.80. The molecule has 0 spiro atoms. The molecule has 0 aliphatic rings. The van der Waals surface area contributed by atoms with E-state index in [0.29, 0.717) is 40.0 Å². The van der Waals surface area contributed by atoms with E-state index in [0.717, 1.165) is 5.69 Å². The lowest BCUT2D eigenvalue weighted by Gasteiger charge is -2.11. The van der Waals surface area contributed by atoms with Gasteiger partial charge >= 0.3 is 0 Å². The molecular formula is C22H19N5O2. The van der Waals surface area contributed by atoms with Crippen molar-refractivity contribution in [2.24, 2.45) is 0 Å². The highest BCUT2D eigenvalue weighted by Crippen LogP contribution is 2.24. The molecule has 0 fully saturated rings. The maximum atomic E-state index is 12.8. The van der Waals surface area contributed by atoms with Gasteiger partial charge in [-0.2, -0.15) is 0 Å². The van der Waals surface area contributed by atoms with Gasteiger partial charge in [-0.25, -0.2) is 4.98 Å². The summed E-state index contributed by atoms with van der Waals surface area (Å²) >= 11 is 0. The number of rotatable bonds is 5. The van der Waals surface area contributed by atoms with Gasteiger partial charge in [-0.15, -0.1) is 0 Å². The van der Waals surface area contributed by atoms with E-state index < -0.39 is 0 Å². The maximum absolute atomic E-state index is 12.8. The Balaban J connectivity index is 1.56. The highest BCUT2D eigenvalue weighted by molar-refractivity contribution is 5.65. The summed E-state index contributed by atoms with van der Waals surface area (Å²) in [5.74, 6) is 2.13. The van der Waals surface area contributed by atoms with Gasteiger partial charge < -0.3 is 20.8 Å². The molecule has 0 unspecified atom stereocenters. The molecule has 4 aromatic rings. The number of ether oxygens (including phenoxy) is 1. The molecule has 29 heavy (non-hydrogen) atoms. The zero-order valence-corrected chi connectivity index (χ0v) is 15.7. The molecule has 4 N–H and O–H groups in total. The van der Waals surface area contributed by atoms with E-state index in [1.54, 1.807) is 49.8 Å². The van der Waals surface area contributed by atoms with Crippen molar-refractivity contribution in [3.8, 4) is 22.8 Å². The molecule has 0 aliphatic heterocycles. The third-order valence-corrected chi connectivity index (χ3v) is 4.36. The Morgan fingerprint density at radius 1 is 1.03 bits per heavy atom. The third-order valence-electron chi connectivity index (χ3n) is 4.36. The Bertz CT molecular complexity index is 1190. The van der Waals surface area contributed by atoms with Crippen molar-refractivity contribution in [3.63, 3.8) is 0 Å². The molecule has 7 nitrogen and oxygen atoms in total. The van der Waals surface area contributed by atoms with Crippen LogP contribution in [-0.2, 0) is 0 Å². The fourth-order valence-corrected chi connectivity index (χ4v) is 2.85. The number of nitrogens with two attached hydrogens (primary N) is 1. The summed E-state index contributed by atoms with van der Waals surface area (Å²) in [6, 6.07) is 16.5. The molecule has 144 valence electrons. The summed E-state index contributed by atoms with van der Waals surface area (Å²) in [6.45, 7) is 1.78. The molecule has 0 saturated carbocycles. The van der Waals surface area contributed by atoms with E-state index in [1.807, 2.05) is 30.3 Å². The van der Waals surface area contributed by atoms with Crippen LogP contribution in [0.2, 0.25) is 0 Å². The Morgan fingerprint density at radius 2 is 1.86 bits per heavy atom. The number of H-pyrrole nitrogens is 1. The Labute approximate surface area is 167 Å². The zero-order valence-electron chi connectivity index (χ0n) is 15.7. The standard InChI is InChI=1S/C22H19N5O2/c1-14-21(28)18(13-26-22(14)27-15-5-3-2-4-6-15)19-8-7-17(12-25-19)29-16-9-10-24-20(23)11-16/h2-13H,1H3,(H2,23,24)(H2,26,27,28). The minimum Gasteiger partial charge on any atom is -0.456 e. The highest BCUT2D eigenvalue weighted by atomic mass is 16.5. The van der Waals surface area contributed by atoms with E-state index in [2.05, 4.69) is 20.3 Å². The lowest BCUT2D eigenvalue weighted by Crippen LogP contribution is -2.13. The van der Waals surface area contributed by atoms with E-state index >= 15 is 0 Å². The first kappa shape index (κ1) is 18.2. The number of para-hydroxylation sites is 1. The lowest BCUT2D eigenvalue weighted by molar-refractivity contribution is 0.480. The fourth-order valence-electron chi connectivity index (χ4n) is 2.85. The van der Waals surface area contributed by atoms with Crippen LogP contribution in [0.25, 0.3) is 11.3 Å². The average Bonchev–Trinajstić information content (AvgIpc) is 2.73. The molecule has 0 bridgehead atoms. The van der Waals surface area contributed by atoms with Gasteiger partial charge in [-0.05, 0) is 37.3 Å². The van der Waals surface area contributed by atoms with Gasteiger partial charge in [0.05, 0.1) is 17.5 Å². The second-order valence-corrected chi connectivity index (χ2v) is 6.42. The minimum absolute atomic E-state index is 0.0924. The Kier molecular flexibility index (Phi) is 4.94. The SMILES string of the molecule is Cc1c(Nc2ccccc2)[nH]cc(-c2ccc(Oc3ccnc(N)c3)cn2)c1=O. The van der Waals surface area contributed by atoms with Crippen LogP contribution in [-0.4, -0.2) is 15.0 Å². The van der Waals surface area contributed by atoms with Crippen LogP contribution in [0.1, 0.15) is 5.56 Å². The quantitative estimate of drug-likeness (QED) is 0.474. The molecule has 0 atom stereocenters. The van der Waals surface area contributed by atoms with Gasteiger partial charge in [-0.3, -0.25) is 9.78 Å². The van der Waals surface area contributed by atoms with Crippen molar-refractivity contribution in [2.45, 2.75) is 6.92 Å². The van der Waals surface area contributed by atoms with Gasteiger partial charge in [0.25, 0.3) is 0 Å². The van der Waals surface area contributed by atoms with Crippen LogP contribution in [0, 0.1) is 6.92 Å². The summed E-state index contributed by atoms with van der Waals surface area (Å²) in [7, 11) is 0. The second kappa shape index (κ2) is 7.85. The van der Waals surface area contributed by atoms with E-state index in [-0.39, 0.29) is 5.43 Å². The summed E-state index contributed by atoms with van der Waals surface area (Å²) in [4.78, 5) is 24.3. The number of nitrogens with one attached hydrogen (secondary N) is 2. The minimum atomic E-state index is -0.0924. The molecule has 3 heterocycles. The topological polar surface area (TPSA) is 106 Å². The number of aromatic amines is 1. The van der Waals surface area contributed by atoms with Crippen molar-refractivity contribution in [2.75, 3.05) is 11.1 Å². The molecule has 0 amide bonds. The van der Waals surface area contributed by atoms with E-state index in [9.17, 15) is 4.79 Å².